The molecule has 1 amide bonds. The number of benzene rings is 4. The molecule has 1 N–H and O–H groups in total. The Bertz CT molecular complexity index is 1720. The van der Waals surface area contributed by atoms with Gasteiger partial charge in [0, 0.05) is 11.6 Å². The number of nitrogens with zero attached hydrogens (tertiary/aromatic N) is 1. The number of hydrogen-bond acceptors (Lipinski definition) is 6. The molecule has 1 aliphatic heterocycles. The molecule has 0 aliphatic carbocycles. The number of rotatable bonds is 9. The smallest absolute Gasteiger partial charge is 0.300 e. The second-order valence-electron chi connectivity index (χ2n) is 9.86. The molecule has 0 aromatic heterocycles. The fourth-order valence-corrected chi connectivity index (χ4v) is 5.05. The lowest BCUT2D eigenvalue weighted by atomic mass is 9.94. The molecule has 0 bridgehead atoms. The predicted molar refractivity (Wildman–Crippen MR) is 157 cm³/mol. The van der Waals surface area contributed by atoms with E-state index in [9.17, 15) is 19.1 Å². The van der Waals surface area contributed by atoms with Crippen LogP contribution in [-0.4, -0.2) is 30.5 Å². The minimum atomic E-state index is -1.31. The number of hydrogen-bond donors (Lipinski definition) is 1. The van der Waals surface area contributed by atoms with Crippen LogP contribution in [0.5, 0.6) is 17.2 Å². The third-order valence-electron chi connectivity index (χ3n) is 7.10. The van der Waals surface area contributed by atoms with Crippen molar-refractivity contribution in [2.24, 2.45) is 0 Å². The largest absolute Gasteiger partial charge is 0.507 e. The number of methoxy groups -OCH3 is 1. The SMILES string of the molecule is CCOc1cc(C2/C(=C(\O)c3ccc(OCc4ccccc4)c(C)c3)C(=O)C(=O)N2c2cc(F)ccc2F)ccc1OC. The van der Waals surface area contributed by atoms with E-state index in [1.54, 1.807) is 50.2 Å². The first kappa shape index (κ1) is 29.3. The minimum Gasteiger partial charge on any atom is -0.507 e. The van der Waals surface area contributed by atoms with Crippen LogP contribution in [0.3, 0.4) is 0 Å². The summed E-state index contributed by atoms with van der Waals surface area (Å²) in [5, 5.41) is 11.5. The van der Waals surface area contributed by atoms with Gasteiger partial charge in [-0.25, -0.2) is 8.78 Å². The molecule has 7 nitrogen and oxygen atoms in total. The number of aliphatic hydroxyl groups is 1. The number of ketones is 1. The summed E-state index contributed by atoms with van der Waals surface area (Å²) in [7, 11) is 1.46. The minimum absolute atomic E-state index is 0.241. The summed E-state index contributed by atoms with van der Waals surface area (Å²) in [4.78, 5) is 27.8. The van der Waals surface area contributed by atoms with Crippen molar-refractivity contribution in [3.63, 3.8) is 0 Å². The van der Waals surface area contributed by atoms with Gasteiger partial charge < -0.3 is 19.3 Å². The van der Waals surface area contributed by atoms with Crippen molar-refractivity contribution in [2.75, 3.05) is 18.6 Å². The molecule has 1 fully saturated rings. The fraction of sp³-hybridized carbons (Fsp3) is 0.176. The molecule has 0 radical (unpaired) electrons. The second kappa shape index (κ2) is 12.4. The Kier molecular flexibility index (Phi) is 8.43. The van der Waals surface area contributed by atoms with E-state index in [4.69, 9.17) is 14.2 Å². The summed E-state index contributed by atoms with van der Waals surface area (Å²) in [6.45, 7) is 4.18. The Morgan fingerprint density at radius 1 is 0.884 bits per heavy atom. The zero-order valence-electron chi connectivity index (χ0n) is 23.8. The van der Waals surface area contributed by atoms with Gasteiger partial charge in [-0.15, -0.1) is 0 Å². The van der Waals surface area contributed by atoms with E-state index in [0.29, 0.717) is 35.0 Å². The average Bonchev–Trinajstić information content (AvgIpc) is 3.27. The summed E-state index contributed by atoms with van der Waals surface area (Å²) < 4.78 is 46.4. The van der Waals surface area contributed by atoms with Crippen LogP contribution in [0.1, 0.15) is 35.2 Å². The van der Waals surface area contributed by atoms with E-state index >= 15 is 4.39 Å². The third kappa shape index (κ3) is 5.79. The highest BCUT2D eigenvalue weighted by molar-refractivity contribution is 6.51. The standard InChI is InChI=1S/C34H29F2NO6/c1-4-42-29-17-22(10-15-28(29)41-3)31-30(33(39)34(40)37(31)26-18-24(35)12-13-25(26)36)32(38)23-11-14-27(20(2)16-23)43-19-21-8-6-5-7-9-21/h5-18,31,38H,4,19H2,1-3H3/b32-30+. The van der Waals surface area contributed by atoms with E-state index in [1.807, 2.05) is 30.3 Å². The summed E-state index contributed by atoms with van der Waals surface area (Å²) in [6.07, 6.45) is 0. The molecule has 1 atom stereocenters. The Morgan fingerprint density at radius 2 is 1.63 bits per heavy atom. The summed E-state index contributed by atoms with van der Waals surface area (Å²) in [5.74, 6) is -3.10. The van der Waals surface area contributed by atoms with E-state index in [1.165, 1.54) is 7.11 Å². The molecule has 0 saturated carbocycles. The topological polar surface area (TPSA) is 85.3 Å². The number of aryl methyl sites for hydroxylation is 1. The number of carbonyl (C=O) groups is 2. The number of Topliss-reactive ketones (excluding diaryl/α,β-unsaturated/α-hetero) is 1. The van der Waals surface area contributed by atoms with E-state index in [2.05, 4.69) is 0 Å². The predicted octanol–water partition coefficient (Wildman–Crippen LogP) is 6.89. The maximum Gasteiger partial charge on any atom is 0.300 e. The molecule has 0 spiro atoms. The molecule has 1 unspecified atom stereocenters. The van der Waals surface area contributed by atoms with Crippen LogP contribution in [0.4, 0.5) is 14.5 Å². The molecule has 1 saturated heterocycles. The molecular formula is C34H29F2NO6. The Labute approximate surface area is 247 Å². The number of carbonyl (C=O) groups excluding carboxylic acids is 2. The molecule has 43 heavy (non-hydrogen) atoms. The zero-order valence-corrected chi connectivity index (χ0v) is 23.8. The molecule has 4 aromatic carbocycles. The monoisotopic (exact) mass is 585 g/mol. The molecule has 1 aliphatic rings. The molecule has 5 rings (SSSR count). The van der Waals surface area contributed by atoms with Gasteiger partial charge in [-0.2, -0.15) is 0 Å². The normalized spacial score (nSPS) is 15.9. The molecular weight excluding hydrogens is 556 g/mol. The van der Waals surface area contributed by atoms with E-state index < -0.39 is 40.8 Å². The average molecular weight is 586 g/mol. The van der Waals surface area contributed by atoms with Crippen molar-refractivity contribution in [1.82, 2.24) is 0 Å². The maximum atomic E-state index is 15.1. The highest BCUT2D eigenvalue weighted by Gasteiger charge is 2.48. The summed E-state index contributed by atoms with van der Waals surface area (Å²) in [6, 6.07) is 20.5. The van der Waals surface area contributed by atoms with Gasteiger partial charge in [-0.3, -0.25) is 14.5 Å². The number of aliphatic hydroxyl groups excluding tert-OH is 1. The number of ether oxygens (including phenoxy) is 3. The molecule has 220 valence electrons. The summed E-state index contributed by atoms with van der Waals surface area (Å²) in [5.41, 5.74) is 1.47. The van der Waals surface area contributed by atoms with E-state index in [0.717, 1.165) is 28.7 Å². The maximum absolute atomic E-state index is 15.1. The van der Waals surface area contributed by atoms with Gasteiger partial charge in [0.1, 0.15) is 29.8 Å². The Hall–Kier alpha value is -5.18. The van der Waals surface area contributed by atoms with Crippen LogP contribution >= 0.6 is 0 Å². The highest BCUT2D eigenvalue weighted by Crippen LogP contribution is 2.45. The Morgan fingerprint density at radius 3 is 2.33 bits per heavy atom. The first-order chi connectivity index (χ1) is 20.7. The lowest BCUT2D eigenvalue weighted by Gasteiger charge is -2.26. The van der Waals surface area contributed by atoms with Crippen LogP contribution in [-0.2, 0) is 16.2 Å². The first-order valence-electron chi connectivity index (χ1n) is 13.6. The van der Waals surface area contributed by atoms with Crippen LogP contribution in [0, 0.1) is 18.6 Å². The van der Waals surface area contributed by atoms with Gasteiger partial charge in [0.15, 0.2) is 11.5 Å². The van der Waals surface area contributed by atoms with Gasteiger partial charge in [0.2, 0.25) is 0 Å². The van der Waals surface area contributed by atoms with Crippen molar-refractivity contribution in [3.05, 3.63) is 124 Å². The van der Waals surface area contributed by atoms with Gasteiger partial charge >= 0.3 is 0 Å². The van der Waals surface area contributed by atoms with Crippen LogP contribution in [0.15, 0.2) is 90.5 Å². The van der Waals surface area contributed by atoms with E-state index in [-0.39, 0.29) is 17.7 Å². The quantitative estimate of drug-likeness (QED) is 0.131. The Balaban J connectivity index is 1.62. The van der Waals surface area contributed by atoms with Gasteiger partial charge in [-0.1, -0.05) is 36.4 Å². The van der Waals surface area contributed by atoms with Crippen LogP contribution in [0.2, 0.25) is 0 Å². The lowest BCUT2D eigenvalue weighted by molar-refractivity contribution is -0.132. The lowest BCUT2D eigenvalue weighted by Crippen LogP contribution is -2.30. The van der Waals surface area contributed by atoms with Crippen molar-refractivity contribution in [2.45, 2.75) is 26.5 Å². The fourth-order valence-electron chi connectivity index (χ4n) is 5.05. The number of halogens is 2. The van der Waals surface area contributed by atoms with Gasteiger partial charge in [0.05, 0.1) is 31.0 Å². The van der Waals surface area contributed by atoms with Crippen LogP contribution in [0.25, 0.3) is 5.76 Å². The van der Waals surface area contributed by atoms with Crippen molar-refractivity contribution < 1.29 is 37.7 Å². The van der Waals surface area contributed by atoms with Gasteiger partial charge in [-0.05, 0) is 73.0 Å². The highest BCUT2D eigenvalue weighted by atomic mass is 19.1. The van der Waals surface area contributed by atoms with Crippen molar-refractivity contribution in [3.8, 4) is 17.2 Å². The first-order valence-corrected chi connectivity index (χ1v) is 13.6. The van der Waals surface area contributed by atoms with Crippen LogP contribution < -0.4 is 19.1 Å². The third-order valence-corrected chi connectivity index (χ3v) is 7.10. The van der Waals surface area contributed by atoms with Crippen molar-refractivity contribution >= 4 is 23.1 Å². The molecule has 1 heterocycles. The zero-order chi connectivity index (χ0) is 30.7. The van der Waals surface area contributed by atoms with Crippen molar-refractivity contribution in [1.29, 1.82) is 0 Å². The second-order valence-corrected chi connectivity index (χ2v) is 9.86. The molecule has 4 aromatic rings. The number of amides is 1. The molecule has 9 heteroatoms. The summed E-state index contributed by atoms with van der Waals surface area (Å²) >= 11 is 0. The number of anilines is 1. The van der Waals surface area contributed by atoms with Gasteiger partial charge in [0.25, 0.3) is 11.7 Å².